The number of ether oxygens (including phenoxy) is 1. The van der Waals surface area contributed by atoms with Gasteiger partial charge in [-0.15, -0.1) is 0 Å². The minimum Gasteiger partial charge on any atom is -0.491 e. The molecule has 0 spiro atoms. The van der Waals surface area contributed by atoms with Gasteiger partial charge in [-0.3, -0.25) is 4.79 Å². The van der Waals surface area contributed by atoms with Crippen molar-refractivity contribution in [3.8, 4) is 5.75 Å². The molecule has 1 amide bonds. The minimum atomic E-state index is -0.0880. The van der Waals surface area contributed by atoms with Crippen LogP contribution in [0.4, 0.5) is 11.4 Å². The fourth-order valence-electron chi connectivity index (χ4n) is 1.85. The Morgan fingerprint density at radius 1 is 1.29 bits per heavy atom. The minimum absolute atomic E-state index is 0.0880. The lowest BCUT2D eigenvalue weighted by Gasteiger charge is -2.10. The van der Waals surface area contributed by atoms with Crippen molar-refractivity contribution in [1.82, 2.24) is 0 Å². The highest BCUT2D eigenvalue weighted by Crippen LogP contribution is 2.21. The van der Waals surface area contributed by atoms with Crippen molar-refractivity contribution in [2.24, 2.45) is 0 Å². The van der Waals surface area contributed by atoms with Gasteiger partial charge in [0.2, 0.25) is 5.91 Å². The number of anilines is 2. The molecule has 0 aliphatic rings. The average Bonchev–Trinajstić information content (AvgIpc) is 2.44. The van der Waals surface area contributed by atoms with Crippen LogP contribution >= 0.6 is 15.9 Å². The van der Waals surface area contributed by atoms with E-state index in [2.05, 4.69) is 21.2 Å². The zero-order valence-electron chi connectivity index (χ0n) is 11.7. The summed E-state index contributed by atoms with van der Waals surface area (Å²) in [5.74, 6) is 0.514. The number of nitrogens with two attached hydrogens (primary N) is 1. The molecule has 2 aromatic rings. The van der Waals surface area contributed by atoms with E-state index in [-0.39, 0.29) is 18.9 Å². The van der Waals surface area contributed by atoms with Crippen molar-refractivity contribution >= 4 is 33.2 Å². The van der Waals surface area contributed by atoms with E-state index in [1.165, 1.54) is 0 Å². The normalized spacial score (nSPS) is 10.2. The Bertz CT molecular complexity index is 644. The van der Waals surface area contributed by atoms with Crippen LogP contribution in [0.1, 0.15) is 12.0 Å². The van der Waals surface area contributed by atoms with Gasteiger partial charge in [0.1, 0.15) is 5.75 Å². The summed E-state index contributed by atoms with van der Waals surface area (Å²) in [6.07, 6.45) is 0.268. The molecular formula is C16H17BrN2O2. The molecule has 2 aromatic carbocycles. The summed E-state index contributed by atoms with van der Waals surface area (Å²) >= 11 is 3.39. The van der Waals surface area contributed by atoms with Gasteiger partial charge in [-0.05, 0) is 42.8 Å². The number of hydrogen-bond donors (Lipinski definition) is 2. The summed E-state index contributed by atoms with van der Waals surface area (Å²) in [6, 6.07) is 12.9. The highest BCUT2D eigenvalue weighted by atomic mass is 79.9. The third kappa shape index (κ3) is 4.49. The zero-order chi connectivity index (χ0) is 15.2. The predicted octanol–water partition coefficient (Wildman–Crippen LogP) is 3.75. The van der Waals surface area contributed by atoms with Crippen molar-refractivity contribution in [3.63, 3.8) is 0 Å². The molecule has 110 valence electrons. The number of amides is 1. The Balaban J connectivity index is 1.84. The third-order valence-electron chi connectivity index (χ3n) is 2.97. The molecule has 0 fully saturated rings. The van der Waals surface area contributed by atoms with Crippen molar-refractivity contribution in [3.05, 3.63) is 52.5 Å². The molecule has 0 saturated heterocycles. The van der Waals surface area contributed by atoms with E-state index in [0.29, 0.717) is 11.4 Å². The monoisotopic (exact) mass is 348 g/mol. The van der Waals surface area contributed by atoms with Gasteiger partial charge in [-0.2, -0.15) is 0 Å². The lowest BCUT2D eigenvalue weighted by Crippen LogP contribution is -2.16. The van der Waals surface area contributed by atoms with Crippen LogP contribution in [-0.2, 0) is 4.79 Å². The van der Waals surface area contributed by atoms with Crippen LogP contribution in [0, 0.1) is 6.92 Å². The van der Waals surface area contributed by atoms with Gasteiger partial charge in [-0.1, -0.05) is 28.1 Å². The Kier molecular flexibility index (Phi) is 5.22. The fourth-order valence-corrected chi connectivity index (χ4v) is 2.32. The second-order valence-corrected chi connectivity index (χ2v) is 5.56. The maximum absolute atomic E-state index is 11.9. The number of nitrogen functional groups attached to an aromatic ring is 1. The molecule has 0 atom stereocenters. The van der Waals surface area contributed by atoms with Gasteiger partial charge >= 0.3 is 0 Å². The molecule has 0 aliphatic carbocycles. The molecule has 0 saturated carbocycles. The van der Waals surface area contributed by atoms with E-state index < -0.39 is 0 Å². The van der Waals surface area contributed by atoms with Crippen LogP contribution < -0.4 is 15.8 Å². The number of aryl methyl sites for hydroxylation is 1. The molecule has 0 unspecified atom stereocenters. The lowest BCUT2D eigenvalue weighted by atomic mass is 10.2. The first-order valence-corrected chi connectivity index (χ1v) is 7.39. The Labute approximate surface area is 132 Å². The van der Waals surface area contributed by atoms with E-state index in [9.17, 15) is 4.79 Å². The maximum Gasteiger partial charge on any atom is 0.227 e. The summed E-state index contributed by atoms with van der Waals surface area (Å²) in [5, 5.41) is 2.87. The summed E-state index contributed by atoms with van der Waals surface area (Å²) < 4.78 is 6.49. The first kappa shape index (κ1) is 15.4. The summed E-state index contributed by atoms with van der Waals surface area (Å²) in [7, 11) is 0. The molecule has 0 radical (unpaired) electrons. The second-order valence-electron chi connectivity index (χ2n) is 4.64. The van der Waals surface area contributed by atoms with E-state index in [4.69, 9.17) is 10.5 Å². The van der Waals surface area contributed by atoms with Crippen LogP contribution in [0.2, 0.25) is 0 Å². The molecule has 0 aromatic heterocycles. The second kappa shape index (κ2) is 7.13. The molecule has 3 N–H and O–H groups in total. The summed E-state index contributed by atoms with van der Waals surface area (Å²) in [4.78, 5) is 11.9. The number of benzene rings is 2. The lowest BCUT2D eigenvalue weighted by molar-refractivity contribution is -0.116. The predicted molar refractivity (Wildman–Crippen MR) is 88.5 cm³/mol. The molecular weight excluding hydrogens is 332 g/mol. The number of carbonyl (C=O) groups is 1. The number of hydrogen-bond acceptors (Lipinski definition) is 3. The van der Waals surface area contributed by atoms with Crippen LogP contribution in [-0.4, -0.2) is 12.5 Å². The van der Waals surface area contributed by atoms with Gasteiger partial charge in [-0.25, -0.2) is 0 Å². The van der Waals surface area contributed by atoms with Crippen molar-refractivity contribution in [2.75, 3.05) is 17.7 Å². The number of carbonyl (C=O) groups excluding carboxylic acids is 1. The van der Waals surface area contributed by atoms with Gasteiger partial charge < -0.3 is 15.8 Å². The largest absolute Gasteiger partial charge is 0.491 e. The van der Waals surface area contributed by atoms with Crippen LogP contribution in [0.5, 0.6) is 5.75 Å². The standard InChI is InChI=1S/C16H17BrN2O2/c1-11-10-12(17)6-7-14(11)19-16(20)8-9-21-15-5-3-2-4-13(15)18/h2-7,10H,8-9,18H2,1H3,(H,19,20). The number of para-hydroxylation sites is 2. The topological polar surface area (TPSA) is 64.3 Å². The quantitative estimate of drug-likeness (QED) is 0.808. The Morgan fingerprint density at radius 2 is 2.05 bits per heavy atom. The number of halogens is 1. The zero-order valence-corrected chi connectivity index (χ0v) is 13.3. The molecule has 0 aliphatic heterocycles. The van der Waals surface area contributed by atoms with E-state index >= 15 is 0 Å². The van der Waals surface area contributed by atoms with Gasteiger partial charge in [0.25, 0.3) is 0 Å². The van der Waals surface area contributed by atoms with Crippen LogP contribution in [0.25, 0.3) is 0 Å². The highest BCUT2D eigenvalue weighted by molar-refractivity contribution is 9.10. The highest BCUT2D eigenvalue weighted by Gasteiger charge is 2.06. The van der Waals surface area contributed by atoms with Crippen molar-refractivity contribution < 1.29 is 9.53 Å². The Morgan fingerprint density at radius 3 is 2.76 bits per heavy atom. The summed E-state index contributed by atoms with van der Waals surface area (Å²) in [6.45, 7) is 2.23. The molecule has 0 bridgehead atoms. The number of nitrogens with one attached hydrogen (secondary N) is 1. The average molecular weight is 349 g/mol. The van der Waals surface area contributed by atoms with Crippen molar-refractivity contribution in [2.45, 2.75) is 13.3 Å². The molecule has 0 heterocycles. The van der Waals surface area contributed by atoms with Crippen LogP contribution in [0.15, 0.2) is 46.9 Å². The van der Waals surface area contributed by atoms with Crippen LogP contribution in [0.3, 0.4) is 0 Å². The maximum atomic E-state index is 11.9. The number of rotatable bonds is 5. The van der Waals surface area contributed by atoms with Gasteiger partial charge in [0, 0.05) is 10.2 Å². The van der Waals surface area contributed by atoms with Gasteiger partial charge in [0.15, 0.2) is 0 Å². The first-order valence-electron chi connectivity index (χ1n) is 6.59. The first-order chi connectivity index (χ1) is 10.1. The molecule has 4 nitrogen and oxygen atoms in total. The van der Waals surface area contributed by atoms with E-state index in [1.807, 2.05) is 37.3 Å². The fraction of sp³-hybridized carbons (Fsp3) is 0.188. The smallest absolute Gasteiger partial charge is 0.227 e. The van der Waals surface area contributed by atoms with Gasteiger partial charge in [0.05, 0.1) is 18.7 Å². The van der Waals surface area contributed by atoms with E-state index in [0.717, 1.165) is 15.7 Å². The molecule has 5 heteroatoms. The summed E-state index contributed by atoms with van der Waals surface area (Å²) in [5.41, 5.74) is 8.15. The molecule has 2 rings (SSSR count). The van der Waals surface area contributed by atoms with Crippen molar-refractivity contribution in [1.29, 1.82) is 0 Å². The molecule has 21 heavy (non-hydrogen) atoms. The van der Waals surface area contributed by atoms with E-state index in [1.54, 1.807) is 12.1 Å². The Hall–Kier alpha value is -2.01. The SMILES string of the molecule is Cc1cc(Br)ccc1NC(=O)CCOc1ccccc1N. The third-order valence-corrected chi connectivity index (χ3v) is 3.46.